The molecule has 0 aromatic heterocycles. The maximum atomic E-state index is 12.8. The van der Waals surface area contributed by atoms with Crippen LogP contribution in [0.15, 0.2) is 48.6 Å². The Labute approximate surface area is 128 Å². The van der Waals surface area contributed by atoms with Gasteiger partial charge in [-0.05, 0) is 18.6 Å². The number of carbonyl (C=O) groups excluding carboxylic acids is 1. The minimum Gasteiger partial charge on any atom is -0.352 e. The minimum atomic E-state index is -4.37. The number of amides is 1. The summed E-state index contributed by atoms with van der Waals surface area (Å²) in [6.45, 7) is 5.66. The van der Waals surface area contributed by atoms with Gasteiger partial charge >= 0.3 is 6.18 Å². The van der Waals surface area contributed by atoms with E-state index in [-0.39, 0.29) is 12.5 Å². The number of nitrogens with one attached hydrogen (secondary N) is 1. The summed E-state index contributed by atoms with van der Waals surface area (Å²) in [6.07, 6.45) is 2.12. The molecular weight excluding hydrogens is 291 g/mol. The minimum absolute atomic E-state index is 0.243. The van der Waals surface area contributed by atoms with E-state index in [4.69, 9.17) is 0 Å². The van der Waals surface area contributed by atoms with Crippen molar-refractivity contribution in [3.63, 3.8) is 0 Å². The number of benzene rings is 1. The summed E-state index contributed by atoms with van der Waals surface area (Å²) in [7, 11) is 0. The van der Waals surface area contributed by atoms with Gasteiger partial charge in [-0.2, -0.15) is 13.2 Å². The summed E-state index contributed by atoms with van der Waals surface area (Å²) in [5, 5.41) is 2.70. The highest BCUT2D eigenvalue weighted by Crippen LogP contribution is 2.32. The van der Waals surface area contributed by atoms with Crippen LogP contribution in [0.1, 0.15) is 31.9 Å². The molecule has 22 heavy (non-hydrogen) atoms. The molecule has 0 heterocycles. The van der Waals surface area contributed by atoms with Crippen LogP contribution < -0.4 is 5.32 Å². The highest BCUT2D eigenvalue weighted by Gasteiger charge is 2.32. The first-order valence-electron chi connectivity index (χ1n) is 6.92. The molecule has 5 heteroatoms. The number of allylic oxidation sites excluding steroid dienone is 3. The maximum absolute atomic E-state index is 12.8. The van der Waals surface area contributed by atoms with Crippen molar-refractivity contribution in [2.75, 3.05) is 6.54 Å². The number of rotatable bonds is 5. The van der Waals surface area contributed by atoms with Gasteiger partial charge in [-0.3, -0.25) is 4.79 Å². The Morgan fingerprint density at radius 2 is 1.82 bits per heavy atom. The lowest BCUT2D eigenvalue weighted by Gasteiger charge is -2.26. The van der Waals surface area contributed by atoms with Gasteiger partial charge in [0.15, 0.2) is 0 Å². The summed E-state index contributed by atoms with van der Waals surface area (Å²) in [6, 6.07) is 5.19. The molecule has 0 radical (unpaired) electrons. The Hall–Kier alpha value is -2.04. The summed E-state index contributed by atoms with van der Waals surface area (Å²) in [5.74, 6) is -0.279. The molecule has 1 amide bonds. The van der Waals surface area contributed by atoms with Gasteiger partial charge in [0.25, 0.3) is 0 Å². The van der Waals surface area contributed by atoms with Gasteiger partial charge in [0.1, 0.15) is 0 Å². The molecule has 0 spiro atoms. The van der Waals surface area contributed by atoms with Crippen LogP contribution >= 0.6 is 0 Å². The fourth-order valence-electron chi connectivity index (χ4n) is 1.84. The summed E-state index contributed by atoms with van der Waals surface area (Å²) in [5.41, 5.74) is -0.761. The number of hydrogen-bond donors (Lipinski definition) is 1. The second-order valence-electron chi connectivity index (χ2n) is 5.57. The Morgan fingerprint density at radius 1 is 1.18 bits per heavy atom. The molecule has 0 bridgehead atoms. The molecule has 0 atom stereocenters. The molecule has 0 unspecified atom stereocenters. The van der Waals surface area contributed by atoms with Crippen LogP contribution in [0.3, 0.4) is 0 Å². The normalized spacial score (nSPS) is 13.0. The molecular formula is C17H20F3NO. The molecule has 0 fully saturated rings. The molecule has 0 aliphatic heterocycles. The lowest BCUT2D eigenvalue weighted by Crippen LogP contribution is -2.36. The molecule has 0 saturated carbocycles. The van der Waals surface area contributed by atoms with E-state index in [9.17, 15) is 18.0 Å². The quantitative estimate of drug-likeness (QED) is 0.640. The van der Waals surface area contributed by atoms with Crippen molar-refractivity contribution < 1.29 is 18.0 Å². The fraction of sp³-hybridized carbons (Fsp3) is 0.353. The van der Waals surface area contributed by atoms with Gasteiger partial charge in [0, 0.05) is 18.0 Å². The number of halogens is 3. The van der Waals surface area contributed by atoms with E-state index in [1.54, 1.807) is 38.1 Å². The lowest BCUT2D eigenvalue weighted by molar-refractivity contribution is -0.137. The first-order chi connectivity index (χ1) is 10.2. The third-order valence-corrected chi connectivity index (χ3v) is 3.23. The van der Waals surface area contributed by atoms with Gasteiger partial charge < -0.3 is 5.32 Å². The van der Waals surface area contributed by atoms with Crippen molar-refractivity contribution in [1.82, 2.24) is 5.32 Å². The zero-order valence-electron chi connectivity index (χ0n) is 12.9. The molecule has 120 valence electrons. The summed E-state index contributed by atoms with van der Waals surface area (Å²) < 4.78 is 38.3. The topological polar surface area (TPSA) is 29.1 Å². The summed E-state index contributed by atoms with van der Waals surface area (Å²) >= 11 is 0. The zero-order valence-corrected chi connectivity index (χ0v) is 12.9. The van der Waals surface area contributed by atoms with Crippen LogP contribution in [0.4, 0.5) is 13.2 Å². The van der Waals surface area contributed by atoms with Crippen LogP contribution in [0.2, 0.25) is 0 Å². The molecule has 1 N–H and O–H groups in total. The van der Waals surface area contributed by atoms with Crippen molar-refractivity contribution in [2.24, 2.45) is 0 Å². The molecule has 2 nitrogen and oxygen atoms in total. The monoisotopic (exact) mass is 311 g/mol. The SMILES string of the molecule is CC=CC=CC(=O)NCC(C)(C)c1cccc(C(F)(F)F)c1. The Morgan fingerprint density at radius 3 is 2.41 bits per heavy atom. The van der Waals surface area contributed by atoms with Crippen LogP contribution in [-0.2, 0) is 16.4 Å². The molecule has 1 rings (SSSR count). The maximum Gasteiger partial charge on any atom is 0.416 e. The highest BCUT2D eigenvalue weighted by atomic mass is 19.4. The summed E-state index contributed by atoms with van der Waals surface area (Å²) in [4.78, 5) is 11.6. The highest BCUT2D eigenvalue weighted by molar-refractivity contribution is 5.87. The number of hydrogen-bond acceptors (Lipinski definition) is 1. The van der Waals surface area contributed by atoms with Crippen molar-refractivity contribution in [1.29, 1.82) is 0 Å². The van der Waals surface area contributed by atoms with Crippen LogP contribution in [0, 0.1) is 0 Å². The average molecular weight is 311 g/mol. The predicted molar refractivity (Wildman–Crippen MR) is 81.4 cm³/mol. The average Bonchev–Trinajstić information content (AvgIpc) is 2.45. The first kappa shape index (κ1) is 18.0. The van der Waals surface area contributed by atoms with E-state index in [2.05, 4.69) is 5.32 Å². The molecule has 1 aromatic rings. The van der Waals surface area contributed by atoms with Gasteiger partial charge in [-0.25, -0.2) is 0 Å². The number of alkyl halides is 3. The largest absolute Gasteiger partial charge is 0.416 e. The Balaban J connectivity index is 2.80. The standard InChI is InChI=1S/C17H20F3NO/c1-4-5-6-10-15(22)21-12-16(2,3)13-8-7-9-14(11-13)17(18,19)20/h4-11H,12H2,1-3H3,(H,21,22). The third-order valence-electron chi connectivity index (χ3n) is 3.23. The van der Waals surface area contributed by atoms with E-state index in [0.717, 1.165) is 12.1 Å². The molecule has 1 aromatic carbocycles. The lowest BCUT2D eigenvalue weighted by atomic mass is 9.83. The molecule has 0 aliphatic carbocycles. The Bertz CT molecular complexity index is 572. The van der Waals surface area contributed by atoms with Crippen molar-refractivity contribution in [2.45, 2.75) is 32.4 Å². The van der Waals surface area contributed by atoms with E-state index < -0.39 is 17.2 Å². The third kappa shape index (κ3) is 5.39. The van der Waals surface area contributed by atoms with Crippen LogP contribution in [-0.4, -0.2) is 12.5 Å². The van der Waals surface area contributed by atoms with E-state index >= 15 is 0 Å². The first-order valence-corrected chi connectivity index (χ1v) is 6.92. The van der Waals surface area contributed by atoms with Gasteiger partial charge in [0.2, 0.25) is 5.91 Å². The van der Waals surface area contributed by atoms with E-state index in [0.29, 0.717) is 5.56 Å². The second kappa shape index (κ2) is 7.29. The Kier molecular flexibility index (Phi) is 5.97. The van der Waals surface area contributed by atoms with Gasteiger partial charge in [-0.15, -0.1) is 0 Å². The van der Waals surface area contributed by atoms with E-state index in [1.807, 2.05) is 6.92 Å². The van der Waals surface area contributed by atoms with Crippen LogP contribution in [0.25, 0.3) is 0 Å². The molecule has 0 saturated heterocycles. The van der Waals surface area contributed by atoms with Crippen molar-refractivity contribution in [3.8, 4) is 0 Å². The smallest absolute Gasteiger partial charge is 0.352 e. The van der Waals surface area contributed by atoms with Crippen molar-refractivity contribution >= 4 is 5.91 Å². The molecule has 0 aliphatic rings. The fourth-order valence-corrected chi connectivity index (χ4v) is 1.84. The number of carbonyl (C=O) groups is 1. The van der Waals surface area contributed by atoms with E-state index in [1.165, 1.54) is 12.1 Å². The van der Waals surface area contributed by atoms with Gasteiger partial charge in [-0.1, -0.05) is 50.3 Å². The van der Waals surface area contributed by atoms with Crippen LogP contribution in [0.5, 0.6) is 0 Å². The predicted octanol–water partition coefficient (Wildman–Crippen LogP) is 4.23. The van der Waals surface area contributed by atoms with Crippen molar-refractivity contribution in [3.05, 3.63) is 59.7 Å². The van der Waals surface area contributed by atoms with Gasteiger partial charge in [0.05, 0.1) is 5.56 Å². The second-order valence-corrected chi connectivity index (χ2v) is 5.57. The zero-order chi connectivity index (χ0) is 16.8.